The zero-order chi connectivity index (χ0) is 12.4. The van der Waals surface area contributed by atoms with E-state index in [1.165, 1.54) is 0 Å². The Kier molecular flexibility index (Phi) is 3.48. The molecular weight excluding hydrogens is 216 g/mol. The van der Waals surface area contributed by atoms with Crippen LogP contribution in [-0.2, 0) is 16.0 Å². The molecule has 0 spiro atoms. The van der Waals surface area contributed by atoms with Gasteiger partial charge in [0, 0.05) is 5.92 Å². The first-order valence-electron chi connectivity index (χ1n) is 6.02. The van der Waals surface area contributed by atoms with Gasteiger partial charge < -0.3 is 9.84 Å². The van der Waals surface area contributed by atoms with E-state index in [-0.39, 0.29) is 18.0 Å². The number of rotatable bonds is 2. The number of carbonyl (C=O) groups is 1. The average molecular weight is 234 g/mol. The number of hydrogen-bond acceptors (Lipinski definition) is 3. The van der Waals surface area contributed by atoms with Crippen molar-refractivity contribution < 1.29 is 14.6 Å². The fourth-order valence-electron chi connectivity index (χ4n) is 2.34. The van der Waals surface area contributed by atoms with Gasteiger partial charge in [0.15, 0.2) is 0 Å². The Morgan fingerprint density at radius 1 is 1.24 bits per heavy atom. The summed E-state index contributed by atoms with van der Waals surface area (Å²) < 4.78 is 5.25. The standard InChI is InChI=1S/C14H18O3/c1-9-13(15)12(10(2)17-14(9)16)8-11-6-4-3-5-7-11/h3-7,9-10,12-13,15H,8H2,1-2H3/t9-,10+,12-,13-/m0/s1. The summed E-state index contributed by atoms with van der Waals surface area (Å²) in [4.78, 5) is 11.4. The summed E-state index contributed by atoms with van der Waals surface area (Å²) in [6.07, 6.45) is -0.110. The third-order valence-corrected chi connectivity index (χ3v) is 3.54. The quantitative estimate of drug-likeness (QED) is 0.793. The minimum absolute atomic E-state index is 0.0231. The summed E-state index contributed by atoms with van der Waals surface area (Å²) in [5.41, 5.74) is 1.16. The van der Waals surface area contributed by atoms with Crippen LogP contribution < -0.4 is 0 Å². The van der Waals surface area contributed by atoms with E-state index >= 15 is 0 Å². The Labute approximate surface area is 101 Å². The second kappa shape index (κ2) is 4.88. The van der Waals surface area contributed by atoms with Gasteiger partial charge >= 0.3 is 5.97 Å². The Balaban J connectivity index is 2.12. The molecular formula is C14H18O3. The maximum atomic E-state index is 11.4. The molecule has 1 aliphatic heterocycles. The monoisotopic (exact) mass is 234 g/mol. The zero-order valence-corrected chi connectivity index (χ0v) is 10.2. The van der Waals surface area contributed by atoms with Gasteiger partial charge in [-0.2, -0.15) is 0 Å². The molecule has 0 unspecified atom stereocenters. The molecule has 1 aromatic carbocycles. The van der Waals surface area contributed by atoms with Gasteiger partial charge in [0.05, 0.1) is 12.0 Å². The molecule has 0 bridgehead atoms. The molecule has 0 amide bonds. The molecule has 2 rings (SSSR count). The van der Waals surface area contributed by atoms with Gasteiger partial charge in [0.2, 0.25) is 0 Å². The van der Waals surface area contributed by atoms with E-state index in [0.717, 1.165) is 12.0 Å². The van der Waals surface area contributed by atoms with Gasteiger partial charge in [0.1, 0.15) is 6.10 Å². The molecule has 1 aromatic rings. The number of carbonyl (C=O) groups excluding carboxylic acids is 1. The number of aliphatic hydroxyl groups excluding tert-OH is 1. The number of ether oxygens (including phenoxy) is 1. The maximum Gasteiger partial charge on any atom is 0.311 e. The summed E-state index contributed by atoms with van der Waals surface area (Å²) >= 11 is 0. The minimum Gasteiger partial charge on any atom is -0.462 e. The van der Waals surface area contributed by atoms with E-state index in [2.05, 4.69) is 0 Å². The van der Waals surface area contributed by atoms with Crippen LogP contribution in [0.15, 0.2) is 30.3 Å². The maximum absolute atomic E-state index is 11.4. The lowest BCUT2D eigenvalue weighted by atomic mass is 9.82. The molecule has 1 fully saturated rings. The third-order valence-electron chi connectivity index (χ3n) is 3.54. The highest BCUT2D eigenvalue weighted by Crippen LogP contribution is 2.29. The van der Waals surface area contributed by atoms with Crippen LogP contribution in [0.4, 0.5) is 0 Å². The molecule has 4 atom stereocenters. The van der Waals surface area contributed by atoms with Crippen LogP contribution in [0, 0.1) is 11.8 Å². The second-order valence-corrected chi connectivity index (χ2v) is 4.77. The lowest BCUT2D eigenvalue weighted by molar-refractivity contribution is -0.176. The van der Waals surface area contributed by atoms with Crippen LogP contribution in [0.1, 0.15) is 19.4 Å². The van der Waals surface area contributed by atoms with Crippen LogP contribution in [-0.4, -0.2) is 23.3 Å². The molecule has 3 nitrogen and oxygen atoms in total. The zero-order valence-electron chi connectivity index (χ0n) is 10.2. The smallest absolute Gasteiger partial charge is 0.311 e. The highest BCUT2D eigenvalue weighted by atomic mass is 16.5. The Bertz CT molecular complexity index is 388. The predicted molar refractivity (Wildman–Crippen MR) is 64.4 cm³/mol. The normalized spacial score (nSPS) is 33.2. The average Bonchev–Trinajstić information content (AvgIpc) is 2.33. The van der Waals surface area contributed by atoms with E-state index in [4.69, 9.17) is 4.74 Å². The molecule has 3 heteroatoms. The SMILES string of the molecule is C[C@@H]1C(=O)O[C@H](C)[C@H](Cc2ccccc2)[C@H]1O. The summed E-state index contributed by atoms with van der Waals surface area (Å²) in [7, 11) is 0. The second-order valence-electron chi connectivity index (χ2n) is 4.77. The van der Waals surface area contributed by atoms with E-state index in [1.807, 2.05) is 37.3 Å². The van der Waals surface area contributed by atoms with Crippen molar-refractivity contribution in [2.45, 2.75) is 32.5 Å². The van der Waals surface area contributed by atoms with Crippen LogP contribution in [0.3, 0.4) is 0 Å². The van der Waals surface area contributed by atoms with Crippen molar-refractivity contribution in [1.82, 2.24) is 0 Å². The van der Waals surface area contributed by atoms with Crippen LogP contribution in [0.2, 0.25) is 0 Å². The molecule has 0 aromatic heterocycles. The molecule has 0 aliphatic carbocycles. The number of aliphatic hydroxyl groups is 1. The summed E-state index contributed by atoms with van der Waals surface area (Å²) in [5, 5.41) is 10.1. The molecule has 1 heterocycles. The van der Waals surface area contributed by atoms with Gasteiger partial charge in [-0.3, -0.25) is 4.79 Å². The van der Waals surface area contributed by atoms with Crippen molar-refractivity contribution in [2.75, 3.05) is 0 Å². The summed E-state index contributed by atoms with van der Waals surface area (Å²) in [6, 6.07) is 9.98. The summed E-state index contributed by atoms with van der Waals surface area (Å²) in [5.74, 6) is -0.751. The molecule has 1 aliphatic rings. The minimum atomic E-state index is -0.619. The first-order valence-corrected chi connectivity index (χ1v) is 6.02. The molecule has 1 N–H and O–H groups in total. The Morgan fingerprint density at radius 2 is 1.88 bits per heavy atom. The van der Waals surface area contributed by atoms with Gasteiger partial charge in [-0.05, 0) is 25.8 Å². The van der Waals surface area contributed by atoms with Gasteiger partial charge in [-0.25, -0.2) is 0 Å². The number of benzene rings is 1. The molecule has 92 valence electrons. The fourth-order valence-corrected chi connectivity index (χ4v) is 2.34. The first kappa shape index (κ1) is 12.1. The Morgan fingerprint density at radius 3 is 2.53 bits per heavy atom. The first-order chi connectivity index (χ1) is 8.09. The molecule has 0 saturated carbocycles. The van der Waals surface area contributed by atoms with Crippen molar-refractivity contribution >= 4 is 5.97 Å². The highest BCUT2D eigenvalue weighted by Gasteiger charge is 2.40. The number of esters is 1. The van der Waals surface area contributed by atoms with Gasteiger partial charge in [0.25, 0.3) is 0 Å². The van der Waals surface area contributed by atoms with E-state index in [0.29, 0.717) is 0 Å². The lowest BCUT2D eigenvalue weighted by Crippen LogP contribution is -2.47. The van der Waals surface area contributed by atoms with Crippen molar-refractivity contribution in [3.05, 3.63) is 35.9 Å². The largest absolute Gasteiger partial charge is 0.462 e. The van der Waals surface area contributed by atoms with E-state index < -0.39 is 12.0 Å². The molecule has 1 saturated heterocycles. The summed E-state index contributed by atoms with van der Waals surface area (Å²) in [6.45, 7) is 3.57. The molecule has 0 radical (unpaired) electrons. The number of cyclic esters (lactones) is 1. The fraction of sp³-hybridized carbons (Fsp3) is 0.500. The lowest BCUT2D eigenvalue weighted by Gasteiger charge is -2.36. The van der Waals surface area contributed by atoms with E-state index in [1.54, 1.807) is 6.92 Å². The topological polar surface area (TPSA) is 46.5 Å². The van der Waals surface area contributed by atoms with E-state index in [9.17, 15) is 9.90 Å². The van der Waals surface area contributed by atoms with Crippen LogP contribution >= 0.6 is 0 Å². The predicted octanol–water partition coefficient (Wildman–Crippen LogP) is 1.79. The van der Waals surface area contributed by atoms with Crippen molar-refractivity contribution in [1.29, 1.82) is 0 Å². The van der Waals surface area contributed by atoms with Crippen molar-refractivity contribution in [2.24, 2.45) is 11.8 Å². The van der Waals surface area contributed by atoms with Crippen LogP contribution in [0.5, 0.6) is 0 Å². The van der Waals surface area contributed by atoms with Gasteiger partial charge in [-0.15, -0.1) is 0 Å². The highest BCUT2D eigenvalue weighted by molar-refractivity contribution is 5.73. The van der Waals surface area contributed by atoms with Gasteiger partial charge in [-0.1, -0.05) is 30.3 Å². The van der Waals surface area contributed by atoms with Crippen LogP contribution in [0.25, 0.3) is 0 Å². The molecule has 17 heavy (non-hydrogen) atoms. The number of hydrogen-bond donors (Lipinski definition) is 1. The third kappa shape index (κ3) is 2.50. The van der Waals surface area contributed by atoms with Crippen molar-refractivity contribution in [3.63, 3.8) is 0 Å². The van der Waals surface area contributed by atoms with Crippen molar-refractivity contribution in [3.8, 4) is 0 Å². The Hall–Kier alpha value is -1.35.